The average Bonchev–Trinajstić information content (AvgIpc) is 2.26. The molecule has 0 fully saturated rings. The summed E-state index contributed by atoms with van der Waals surface area (Å²) in [6, 6.07) is 8.71. The molecule has 1 aromatic rings. The Kier molecular flexibility index (Phi) is 4.77. The summed E-state index contributed by atoms with van der Waals surface area (Å²) in [5.74, 6) is 0.902. The van der Waals surface area contributed by atoms with Crippen molar-refractivity contribution in [3.8, 4) is 5.75 Å². The van der Waals surface area contributed by atoms with Crippen LogP contribution in [0.1, 0.15) is 5.56 Å². The molecule has 0 spiro atoms. The fourth-order valence-electron chi connectivity index (χ4n) is 1.17. The number of nitrogens with zero attached hydrogens (tertiary/aromatic N) is 1. The van der Waals surface area contributed by atoms with Gasteiger partial charge in [-0.2, -0.15) is 0 Å². The van der Waals surface area contributed by atoms with Crippen molar-refractivity contribution in [1.82, 2.24) is 4.90 Å². The molecule has 0 bridgehead atoms. The van der Waals surface area contributed by atoms with Crippen LogP contribution in [0.15, 0.2) is 24.3 Å². The van der Waals surface area contributed by atoms with Gasteiger partial charge < -0.3 is 4.74 Å². The van der Waals surface area contributed by atoms with E-state index in [-0.39, 0.29) is 0 Å². The zero-order chi connectivity index (χ0) is 10.4. The van der Waals surface area contributed by atoms with Gasteiger partial charge in [-0.3, -0.25) is 4.90 Å². The van der Waals surface area contributed by atoms with Gasteiger partial charge in [0.25, 0.3) is 0 Å². The molecule has 0 aliphatic carbocycles. The lowest BCUT2D eigenvalue weighted by molar-refractivity contribution is 0.393. The fourth-order valence-corrected chi connectivity index (χ4v) is 1.29. The van der Waals surface area contributed by atoms with Gasteiger partial charge in [0.05, 0.1) is 13.1 Å². The van der Waals surface area contributed by atoms with Crippen molar-refractivity contribution in [3.63, 3.8) is 0 Å². The molecule has 78 valence electrons. The first-order valence-corrected chi connectivity index (χ1v) is 5.17. The summed E-state index contributed by atoms with van der Waals surface area (Å²) in [5.41, 5.74) is 1.31. The first-order valence-electron chi connectivity index (χ1n) is 4.63. The Bertz CT molecular complexity index is 260. The third kappa shape index (κ3) is 3.56. The second-order valence-corrected chi connectivity index (χ2v) is 3.54. The lowest BCUT2D eigenvalue weighted by atomic mass is 10.1. The number of benzene rings is 1. The maximum absolute atomic E-state index is 5.67. The molecule has 0 aromatic heterocycles. The van der Waals surface area contributed by atoms with E-state index in [1.165, 1.54) is 5.56 Å². The number of rotatable bonds is 5. The van der Waals surface area contributed by atoms with Crippen molar-refractivity contribution in [1.29, 1.82) is 0 Å². The van der Waals surface area contributed by atoms with Gasteiger partial charge >= 0.3 is 0 Å². The quantitative estimate of drug-likeness (QED) is 0.550. The van der Waals surface area contributed by atoms with Crippen molar-refractivity contribution in [3.05, 3.63) is 29.8 Å². The maximum Gasteiger partial charge on any atom is 0.118 e. The minimum Gasteiger partial charge on any atom is -0.497 e. The molecule has 1 aromatic carbocycles. The van der Waals surface area contributed by atoms with Crippen LogP contribution in [0, 0.1) is 0 Å². The normalized spacial score (nSPS) is 10.6. The molecule has 1 rings (SSSR count). The lowest BCUT2D eigenvalue weighted by Gasteiger charge is -2.12. The Morgan fingerprint density at radius 2 is 1.93 bits per heavy atom. The molecular formula is C11H16ClNO. The van der Waals surface area contributed by atoms with E-state index in [1.54, 1.807) is 7.11 Å². The van der Waals surface area contributed by atoms with Crippen LogP contribution in [0.3, 0.4) is 0 Å². The lowest BCUT2D eigenvalue weighted by Crippen LogP contribution is -2.19. The smallest absolute Gasteiger partial charge is 0.118 e. The zero-order valence-electron chi connectivity index (χ0n) is 8.66. The number of hydrogen-bond donors (Lipinski definition) is 0. The number of likely N-dealkylation sites (N-methyl/N-ethyl adjacent to an activating group) is 1. The van der Waals surface area contributed by atoms with Gasteiger partial charge in [0.15, 0.2) is 0 Å². The predicted molar refractivity (Wildman–Crippen MR) is 60.0 cm³/mol. The van der Waals surface area contributed by atoms with Crippen molar-refractivity contribution < 1.29 is 4.74 Å². The van der Waals surface area contributed by atoms with Crippen LogP contribution in [0.4, 0.5) is 0 Å². The summed E-state index contributed by atoms with van der Waals surface area (Å²) in [5, 5.41) is 0. The van der Waals surface area contributed by atoms with Crippen molar-refractivity contribution >= 4 is 11.6 Å². The fraction of sp³-hybridized carbons (Fsp3) is 0.455. The molecule has 0 amide bonds. The minimum atomic E-state index is 0.580. The topological polar surface area (TPSA) is 12.5 Å². The van der Waals surface area contributed by atoms with Crippen LogP contribution in [-0.2, 0) is 6.42 Å². The van der Waals surface area contributed by atoms with E-state index in [2.05, 4.69) is 17.0 Å². The minimum absolute atomic E-state index is 0.580. The van der Waals surface area contributed by atoms with Gasteiger partial charge in [0.1, 0.15) is 5.75 Å². The Hall–Kier alpha value is -0.730. The number of hydrogen-bond acceptors (Lipinski definition) is 2. The van der Waals surface area contributed by atoms with Gasteiger partial charge in [0, 0.05) is 6.54 Å². The SMILES string of the molecule is COc1ccc(CCN(C)CCl)cc1. The maximum atomic E-state index is 5.67. The van der Waals surface area contributed by atoms with Crippen LogP contribution < -0.4 is 4.74 Å². The summed E-state index contributed by atoms with van der Waals surface area (Å²) < 4.78 is 5.08. The monoisotopic (exact) mass is 213 g/mol. The molecule has 0 unspecified atom stereocenters. The highest BCUT2D eigenvalue weighted by Crippen LogP contribution is 2.11. The first kappa shape index (κ1) is 11.3. The second kappa shape index (κ2) is 5.89. The van der Waals surface area contributed by atoms with Crippen molar-refractivity contribution in [2.24, 2.45) is 0 Å². The summed E-state index contributed by atoms with van der Waals surface area (Å²) in [6.07, 6.45) is 1.02. The van der Waals surface area contributed by atoms with E-state index in [0.717, 1.165) is 18.7 Å². The first-order chi connectivity index (χ1) is 6.76. The van der Waals surface area contributed by atoms with Crippen LogP contribution in [0.2, 0.25) is 0 Å². The molecule has 0 saturated heterocycles. The van der Waals surface area contributed by atoms with Gasteiger partial charge in [-0.15, -0.1) is 11.6 Å². The van der Waals surface area contributed by atoms with Gasteiger partial charge in [-0.25, -0.2) is 0 Å². The molecule has 0 atom stereocenters. The summed E-state index contributed by atoms with van der Waals surface area (Å²) >= 11 is 5.67. The van der Waals surface area contributed by atoms with E-state index >= 15 is 0 Å². The molecule has 0 radical (unpaired) electrons. The van der Waals surface area contributed by atoms with E-state index in [1.807, 2.05) is 19.2 Å². The Morgan fingerprint density at radius 1 is 1.29 bits per heavy atom. The highest BCUT2D eigenvalue weighted by molar-refractivity contribution is 6.17. The molecule has 14 heavy (non-hydrogen) atoms. The number of alkyl halides is 1. The standard InChI is InChI=1S/C11H16ClNO/c1-13(9-12)8-7-10-3-5-11(14-2)6-4-10/h3-6H,7-9H2,1-2H3. The van der Waals surface area contributed by atoms with Crippen LogP contribution >= 0.6 is 11.6 Å². The number of methoxy groups -OCH3 is 1. The molecule has 0 aliphatic rings. The molecule has 0 N–H and O–H groups in total. The number of halogens is 1. The second-order valence-electron chi connectivity index (χ2n) is 3.30. The van der Waals surface area contributed by atoms with Crippen molar-refractivity contribution in [2.75, 3.05) is 26.7 Å². The molecule has 3 heteroatoms. The van der Waals surface area contributed by atoms with E-state index < -0.39 is 0 Å². The van der Waals surface area contributed by atoms with Gasteiger partial charge in [0.2, 0.25) is 0 Å². The summed E-state index contributed by atoms with van der Waals surface area (Å²) in [6.45, 7) is 0.982. The van der Waals surface area contributed by atoms with Crippen LogP contribution in [0.5, 0.6) is 5.75 Å². The van der Waals surface area contributed by atoms with Crippen LogP contribution in [-0.4, -0.2) is 31.6 Å². The molecule has 0 saturated carbocycles. The van der Waals surface area contributed by atoms with Crippen molar-refractivity contribution in [2.45, 2.75) is 6.42 Å². The third-order valence-electron chi connectivity index (χ3n) is 2.15. The molecule has 0 aliphatic heterocycles. The number of ether oxygens (including phenoxy) is 1. The molecule has 2 nitrogen and oxygen atoms in total. The van der Waals surface area contributed by atoms with Gasteiger partial charge in [-0.05, 0) is 31.2 Å². The summed E-state index contributed by atoms with van der Waals surface area (Å²) in [4.78, 5) is 2.08. The molecular weight excluding hydrogens is 198 g/mol. The van der Waals surface area contributed by atoms with Crippen LogP contribution in [0.25, 0.3) is 0 Å². The predicted octanol–water partition coefficient (Wildman–Crippen LogP) is 2.37. The van der Waals surface area contributed by atoms with Gasteiger partial charge in [-0.1, -0.05) is 12.1 Å². The largest absolute Gasteiger partial charge is 0.497 e. The zero-order valence-corrected chi connectivity index (χ0v) is 9.42. The highest BCUT2D eigenvalue weighted by Gasteiger charge is 1.97. The van der Waals surface area contributed by atoms with E-state index in [4.69, 9.17) is 16.3 Å². The highest BCUT2D eigenvalue weighted by atomic mass is 35.5. The Balaban J connectivity index is 2.43. The average molecular weight is 214 g/mol. The van der Waals surface area contributed by atoms with E-state index in [9.17, 15) is 0 Å². The summed E-state index contributed by atoms with van der Waals surface area (Å²) in [7, 11) is 3.69. The Morgan fingerprint density at radius 3 is 2.43 bits per heavy atom. The van der Waals surface area contributed by atoms with E-state index in [0.29, 0.717) is 6.00 Å². The third-order valence-corrected chi connectivity index (χ3v) is 2.55. The molecule has 0 heterocycles. The Labute approximate surface area is 90.4 Å².